The van der Waals surface area contributed by atoms with Crippen LogP contribution in [0.25, 0.3) is 0 Å². The molecule has 1 rings (SSSR count). The normalized spacial score (nSPS) is 12.7. The Morgan fingerprint density at radius 2 is 2.16 bits per heavy atom. The van der Waals surface area contributed by atoms with E-state index in [1.807, 2.05) is 19.9 Å². The van der Waals surface area contributed by atoms with Gasteiger partial charge in [-0.15, -0.1) is 0 Å². The van der Waals surface area contributed by atoms with Crippen LogP contribution in [-0.2, 0) is 13.0 Å². The predicted molar refractivity (Wildman–Crippen MR) is 81.8 cm³/mol. The molecule has 19 heavy (non-hydrogen) atoms. The van der Waals surface area contributed by atoms with Crippen molar-refractivity contribution in [1.29, 1.82) is 0 Å². The lowest BCUT2D eigenvalue weighted by Gasteiger charge is -2.18. The monoisotopic (exact) mass is 329 g/mol. The van der Waals surface area contributed by atoms with Gasteiger partial charge in [0.2, 0.25) is 0 Å². The molecule has 0 saturated carbocycles. The minimum absolute atomic E-state index is 0.0286. The van der Waals surface area contributed by atoms with Gasteiger partial charge in [-0.1, -0.05) is 36.7 Å². The third kappa shape index (κ3) is 4.64. The maximum absolute atomic E-state index is 12.3. The van der Waals surface area contributed by atoms with Gasteiger partial charge in [0.1, 0.15) is 5.69 Å². The highest BCUT2D eigenvalue weighted by Gasteiger charge is 2.18. The van der Waals surface area contributed by atoms with E-state index < -0.39 is 0 Å². The third-order valence-corrected chi connectivity index (χ3v) is 3.78. The van der Waals surface area contributed by atoms with Gasteiger partial charge in [0.25, 0.3) is 5.91 Å². The average Bonchev–Trinajstić information content (AvgIpc) is 2.80. The number of aromatic nitrogens is 2. The van der Waals surface area contributed by atoms with E-state index in [4.69, 9.17) is 0 Å². The minimum atomic E-state index is -0.0286. The molecule has 0 fully saturated rings. The third-order valence-electron chi connectivity index (χ3n) is 3.00. The number of rotatable bonds is 7. The summed E-state index contributed by atoms with van der Waals surface area (Å²) in [6.45, 7) is 9.08. The lowest BCUT2D eigenvalue weighted by Crippen LogP contribution is -2.38. The predicted octanol–water partition coefficient (Wildman–Crippen LogP) is 3.00. The summed E-state index contributed by atoms with van der Waals surface area (Å²) in [5.41, 5.74) is 1.63. The van der Waals surface area contributed by atoms with Gasteiger partial charge in [-0.05, 0) is 31.7 Å². The van der Waals surface area contributed by atoms with E-state index in [1.54, 1.807) is 4.68 Å². The van der Waals surface area contributed by atoms with Gasteiger partial charge in [0, 0.05) is 17.9 Å². The highest BCUT2D eigenvalue weighted by molar-refractivity contribution is 9.09. The second-order valence-corrected chi connectivity index (χ2v) is 5.79. The molecular formula is C14H24BrN3O. The Morgan fingerprint density at radius 1 is 1.47 bits per heavy atom. The van der Waals surface area contributed by atoms with Crippen LogP contribution in [0.3, 0.4) is 0 Å². The van der Waals surface area contributed by atoms with E-state index in [9.17, 15) is 4.79 Å². The van der Waals surface area contributed by atoms with Gasteiger partial charge in [-0.2, -0.15) is 5.10 Å². The molecule has 0 aromatic carbocycles. The SMILES string of the molecule is CCc1cc(C(=O)NC(CBr)CC(C)C)n(CC)n1. The number of nitrogens with zero attached hydrogens (tertiary/aromatic N) is 2. The number of nitrogens with one attached hydrogen (secondary N) is 1. The Bertz CT molecular complexity index is 415. The van der Waals surface area contributed by atoms with Crippen molar-refractivity contribution in [1.82, 2.24) is 15.1 Å². The maximum atomic E-state index is 12.3. The Labute approximate surface area is 124 Å². The van der Waals surface area contributed by atoms with Crippen LogP contribution in [-0.4, -0.2) is 27.1 Å². The van der Waals surface area contributed by atoms with Crippen LogP contribution in [0.15, 0.2) is 6.07 Å². The Morgan fingerprint density at radius 3 is 2.63 bits per heavy atom. The Kier molecular flexibility index (Phi) is 6.55. The van der Waals surface area contributed by atoms with Crippen molar-refractivity contribution in [2.45, 2.75) is 53.1 Å². The van der Waals surface area contributed by atoms with Crippen molar-refractivity contribution in [3.63, 3.8) is 0 Å². The van der Waals surface area contributed by atoms with Crippen molar-refractivity contribution in [3.8, 4) is 0 Å². The average molecular weight is 330 g/mol. The van der Waals surface area contributed by atoms with E-state index in [2.05, 4.69) is 40.2 Å². The molecule has 0 bridgehead atoms. The molecule has 0 aliphatic heterocycles. The standard InChI is InChI=1S/C14H24BrN3O/c1-5-11-8-13(18(6-2)17-11)14(19)16-12(9-15)7-10(3)4/h8,10,12H,5-7,9H2,1-4H3,(H,16,19). The molecule has 0 spiro atoms. The number of aryl methyl sites for hydroxylation is 2. The zero-order valence-electron chi connectivity index (χ0n) is 12.2. The van der Waals surface area contributed by atoms with Crippen LogP contribution in [0.4, 0.5) is 0 Å². The molecule has 1 atom stereocenters. The lowest BCUT2D eigenvalue weighted by molar-refractivity contribution is 0.0926. The molecule has 1 heterocycles. The number of hydrogen-bond acceptors (Lipinski definition) is 2. The highest BCUT2D eigenvalue weighted by Crippen LogP contribution is 2.10. The van der Waals surface area contributed by atoms with E-state index >= 15 is 0 Å². The first-order valence-electron chi connectivity index (χ1n) is 6.95. The molecule has 0 aliphatic rings. The second-order valence-electron chi connectivity index (χ2n) is 5.14. The van der Waals surface area contributed by atoms with Gasteiger partial charge in [-0.25, -0.2) is 0 Å². The number of carbonyl (C=O) groups is 1. The molecule has 1 aromatic heterocycles. The quantitative estimate of drug-likeness (QED) is 0.781. The van der Waals surface area contributed by atoms with E-state index in [0.29, 0.717) is 18.2 Å². The second kappa shape index (κ2) is 7.68. The van der Waals surface area contributed by atoms with Gasteiger partial charge in [-0.3, -0.25) is 9.48 Å². The van der Waals surface area contributed by atoms with Gasteiger partial charge in [0.15, 0.2) is 0 Å². The van der Waals surface area contributed by atoms with E-state index in [0.717, 1.165) is 23.9 Å². The fourth-order valence-corrected chi connectivity index (χ4v) is 2.48. The van der Waals surface area contributed by atoms with E-state index in [1.165, 1.54) is 0 Å². The summed E-state index contributed by atoms with van der Waals surface area (Å²) in [5.74, 6) is 0.532. The summed E-state index contributed by atoms with van der Waals surface area (Å²) in [6, 6.07) is 2.05. The Balaban J connectivity index is 2.78. The van der Waals surface area contributed by atoms with Crippen LogP contribution in [0, 0.1) is 5.92 Å². The lowest BCUT2D eigenvalue weighted by atomic mass is 10.1. The zero-order valence-corrected chi connectivity index (χ0v) is 13.8. The molecule has 108 valence electrons. The van der Waals surface area contributed by atoms with Crippen LogP contribution in [0.2, 0.25) is 0 Å². The number of hydrogen-bond donors (Lipinski definition) is 1. The van der Waals surface area contributed by atoms with Crippen LogP contribution >= 0.6 is 15.9 Å². The molecular weight excluding hydrogens is 306 g/mol. The maximum Gasteiger partial charge on any atom is 0.269 e. The van der Waals surface area contributed by atoms with Gasteiger partial charge < -0.3 is 5.32 Å². The van der Waals surface area contributed by atoms with E-state index in [-0.39, 0.29) is 11.9 Å². The summed E-state index contributed by atoms with van der Waals surface area (Å²) in [7, 11) is 0. The van der Waals surface area contributed by atoms with Crippen molar-refractivity contribution in [2.75, 3.05) is 5.33 Å². The number of amides is 1. The first-order valence-corrected chi connectivity index (χ1v) is 8.07. The molecule has 5 heteroatoms. The number of alkyl halides is 1. The Hall–Kier alpha value is -0.840. The zero-order chi connectivity index (χ0) is 14.4. The molecule has 1 N–H and O–H groups in total. The smallest absolute Gasteiger partial charge is 0.269 e. The largest absolute Gasteiger partial charge is 0.347 e. The number of halogens is 1. The molecule has 1 aromatic rings. The van der Waals surface area contributed by atoms with Crippen molar-refractivity contribution >= 4 is 21.8 Å². The molecule has 4 nitrogen and oxygen atoms in total. The highest BCUT2D eigenvalue weighted by atomic mass is 79.9. The molecule has 0 aliphatic carbocycles. The first-order chi connectivity index (χ1) is 9.01. The molecule has 1 amide bonds. The van der Waals surface area contributed by atoms with Gasteiger partial charge >= 0.3 is 0 Å². The van der Waals surface area contributed by atoms with Crippen LogP contribution in [0.1, 0.15) is 50.3 Å². The van der Waals surface area contributed by atoms with Crippen molar-refractivity contribution in [3.05, 3.63) is 17.5 Å². The molecule has 0 radical (unpaired) electrons. The topological polar surface area (TPSA) is 46.9 Å². The molecule has 0 saturated heterocycles. The summed E-state index contributed by atoms with van der Waals surface area (Å²) in [5, 5.41) is 8.26. The molecule has 1 unspecified atom stereocenters. The summed E-state index contributed by atoms with van der Waals surface area (Å²) < 4.78 is 1.77. The van der Waals surface area contributed by atoms with Crippen molar-refractivity contribution < 1.29 is 4.79 Å². The number of carbonyl (C=O) groups excluding carboxylic acids is 1. The summed E-state index contributed by atoms with van der Waals surface area (Å²) in [4.78, 5) is 12.3. The minimum Gasteiger partial charge on any atom is -0.347 e. The van der Waals surface area contributed by atoms with Crippen molar-refractivity contribution in [2.24, 2.45) is 5.92 Å². The first kappa shape index (κ1) is 16.2. The fraction of sp³-hybridized carbons (Fsp3) is 0.714. The summed E-state index contributed by atoms with van der Waals surface area (Å²) in [6.07, 6.45) is 1.82. The summed E-state index contributed by atoms with van der Waals surface area (Å²) >= 11 is 3.46. The van der Waals surface area contributed by atoms with Crippen LogP contribution in [0.5, 0.6) is 0 Å². The fourth-order valence-electron chi connectivity index (χ4n) is 2.06. The van der Waals surface area contributed by atoms with Gasteiger partial charge in [0.05, 0.1) is 5.69 Å². The van der Waals surface area contributed by atoms with Crippen LogP contribution < -0.4 is 5.32 Å².